The van der Waals surface area contributed by atoms with Gasteiger partial charge in [0.15, 0.2) is 5.11 Å². The molecule has 0 aromatic heterocycles. The first kappa shape index (κ1) is 13.1. The molecule has 4 nitrogen and oxygen atoms in total. The van der Waals surface area contributed by atoms with E-state index in [0.717, 1.165) is 37.4 Å². The molecular formula is C13H18N2O2S. The minimum absolute atomic E-state index is 0.292. The topological polar surface area (TPSA) is 42.5 Å². The summed E-state index contributed by atoms with van der Waals surface area (Å²) in [5, 5.41) is 6.91. The highest BCUT2D eigenvalue weighted by Crippen LogP contribution is 2.15. The van der Waals surface area contributed by atoms with Crippen molar-refractivity contribution in [2.45, 2.75) is 18.9 Å². The van der Waals surface area contributed by atoms with Crippen molar-refractivity contribution in [3.05, 3.63) is 24.3 Å². The van der Waals surface area contributed by atoms with Crippen molar-refractivity contribution >= 4 is 23.0 Å². The Morgan fingerprint density at radius 2 is 2.22 bits per heavy atom. The fourth-order valence-corrected chi connectivity index (χ4v) is 2.06. The molecule has 1 aliphatic rings. The van der Waals surface area contributed by atoms with Gasteiger partial charge in [-0.25, -0.2) is 0 Å². The number of methoxy groups -OCH3 is 1. The first-order chi connectivity index (χ1) is 8.78. The van der Waals surface area contributed by atoms with Crippen molar-refractivity contribution in [1.82, 2.24) is 5.32 Å². The summed E-state index contributed by atoms with van der Waals surface area (Å²) in [6.07, 6.45) is 2.55. The van der Waals surface area contributed by atoms with Gasteiger partial charge in [0.2, 0.25) is 0 Å². The molecule has 98 valence electrons. The largest absolute Gasteiger partial charge is 0.497 e. The molecule has 5 heteroatoms. The van der Waals surface area contributed by atoms with Crippen molar-refractivity contribution in [3.8, 4) is 5.75 Å². The quantitative estimate of drug-likeness (QED) is 0.818. The molecule has 1 heterocycles. The molecule has 0 radical (unpaired) electrons. The highest BCUT2D eigenvalue weighted by atomic mass is 32.1. The molecule has 18 heavy (non-hydrogen) atoms. The van der Waals surface area contributed by atoms with Crippen LogP contribution in [0.2, 0.25) is 0 Å². The van der Waals surface area contributed by atoms with Gasteiger partial charge in [0.25, 0.3) is 0 Å². The lowest BCUT2D eigenvalue weighted by molar-refractivity contribution is 0.114. The van der Waals surface area contributed by atoms with E-state index in [1.807, 2.05) is 24.3 Å². The predicted molar refractivity (Wildman–Crippen MR) is 76.2 cm³/mol. The lowest BCUT2D eigenvalue weighted by Crippen LogP contribution is -2.34. The fraction of sp³-hybridized carbons (Fsp3) is 0.462. The van der Waals surface area contributed by atoms with Crippen LogP contribution in [0.3, 0.4) is 0 Å². The molecule has 2 N–H and O–H groups in total. The molecule has 0 bridgehead atoms. The van der Waals surface area contributed by atoms with E-state index < -0.39 is 0 Å². The third kappa shape index (κ3) is 3.85. The zero-order valence-electron chi connectivity index (χ0n) is 10.4. The smallest absolute Gasteiger partial charge is 0.170 e. The van der Waals surface area contributed by atoms with E-state index in [9.17, 15) is 0 Å². The Hall–Kier alpha value is -1.33. The molecule has 1 fully saturated rings. The minimum atomic E-state index is 0.292. The van der Waals surface area contributed by atoms with Gasteiger partial charge in [-0.2, -0.15) is 0 Å². The Balaban J connectivity index is 1.75. The second-order valence-electron chi connectivity index (χ2n) is 4.20. The van der Waals surface area contributed by atoms with Crippen molar-refractivity contribution < 1.29 is 9.47 Å². The van der Waals surface area contributed by atoms with Crippen LogP contribution in [0.5, 0.6) is 5.75 Å². The fourth-order valence-electron chi connectivity index (χ4n) is 1.86. The number of thiocarbonyl (C=S) groups is 1. The average molecular weight is 266 g/mol. The maximum absolute atomic E-state index is 5.52. The lowest BCUT2D eigenvalue weighted by atomic mass is 10.2. The van der Waals surface area contributed by atoms with Crippen LogP contribution >= 0.6 is 12.2 Å². The lowest BCUT2D eigenvalue weighted by Gasteiger charge is -2.14. The number of ether oxygens (including phenoxy) is 2. The second kappa shape index (κ2) is 6.56. The molecule has 1 aliphatic heterocycles. The van der Waals surface area contributed by atoms with Gasteiger partial charge in [-0.1, -0.05) is 0 Å². The van der Waals surface area contributed by atoms with Gasteiger partial charge in [0.05, 0.1) is 13.2 Å². The van der Waals surface area contributed by atoms with Gasteiger partial charge < -0.3 is 20.1 Å². The number of rotatable bonds is 4. The van der Waals surface area contributed by atoms with Crippen molar-refractivity contribution in [1.29, 1.82) is 0 Å². The molecular weight excluding hydrogens is 248 g/mol. The SMILES string of the molecule is COc1ccc(NC(=S)NC[C@@H]2CCCO2)cc1. The zero-order valence-corrected chi connectivity index (χ0v) is 11.3. The Morgan fingerprint density at radius 1 is 1.44 bits per heavy atom. The highest BCUT2D eigenvalue weighted by molar-refractivity contribution is 7.80. The molecule has 0 spiro atoms. The standard InChI is InChI=1S/C13H18N2O2S/c1-16-11-6-4-10(5-7-11)15-13(18)14-9-12-3-2-8-17-12/h4-7,12H,2-3,8-9H2,1H3,(H2,14,15,18)/t12-/m0/s1. The number of nitrogens with one attached hydrogen (secondary N) is 2. The van der Waals surface area contributed by atoms with Crippen LogP contribution in [0.15, 0.2) is 24.3 Å². The molecule has 1 atom stereocenters. The van der Waals surface area contributed by atoms with Crippen molar-refractivity contribution in [2.24, 2.45) is 0 Å². The monoisotopic (exact) mass is 266 g/mol. The minimum Gasteiger partial charge on any atom is -0.497 e. The molecule has 1 aromatic rings. The summed E-state index contributed by atoms with van der Waals surface area (Å²) >= 11 is 5.22. The van der Waals surface area contributed by atoms with Crippen LogP contribution in [0.1, 0.15) is 12.8 Å². The van der Waals surface area contributed by atoms with Crippen LogP contribution in [0.4, 0.5) is 5.69 Å². The molecule has 1 saturated heterocycles. The number of anilines is 1. The first-order valence-corrected chi connectivity index (χ1v) is 6.49. The van der Waals surface area contributed by atoms with Crippen molar-refractivity contribution in [3.63, 3.8) is 0 Å². The normalized spacial score (nSPS) is 18.4. The maximum atomic E-state index is 5.52. The summed E-state index contributed by atoms with van der Waals surface area (Å²) in [7, 11) is 1.65. The molecule has 2 rings (SSSR count). The summed E-state index contributed by atoms with van der Waals surface area (Å²) < 4.78 is 10.6. The van der Waals surface area contributed by atoms with Crippen LogP contribution in [-0.4, -0.2) is 31.5 Å². The van der Waals surface area contributed by atoms with Crippen LogP contribution in [0.25, 0.3) is 0 Å². The highest BCUT2D eigenvalue weighted by Gasteiger charge is 2.15. The van der Waals surface area contributed by atoms with Crippen molar-refractivity contribution in [2.75, 3.05) is 25.6 Å². The Bertz CT molecular complexity index is 388. The third-order valence-corrected chi connectivity index (χ3v) is 3.11. The molecule has 0 amide bonds. The van der Waals surface area contributed by atoms with E-state index in [2.05, 4.69) is 10.6 Å². The number of hydrogen-bond donors (Lipinski definition) is 2. The van der Waals surface area contributed by atoms with E-state index in [0.29, 0.717) is 11.2 Å². The molecule has 1 aromatic carbocycles. The predicted octanol–water partition coefficient (Wildman–Crippen LogP) is 2.16. The van der Waals surface area contributed by atoms with E-state index in [-0.39, 0.29) is 0 Å². The zero-order chi connectivity index (χ0) is 12.8. The summed E-state index contributed by atoms with van der Waals surface area (Å²) in [6, 6.07) is 7.65. The third-order valence-electron chi connectivity index (χ3n) is 2.86. The van der Waals surface area contributed by atoms with Crippen LogP contribution < -0.4 is 15.4 Å². The number of benzene rings is 1. The maximum Gasteiger partial charge on any atom is 0.170 e. The van der Waals surface area contributed by atoms with E-state index in [1.54, 1.807) is 7.11 Å². The summed E-state index contributed by atoms with van der Waals surface area (Å²) in [4.78, 5) is 0. The molecule has 0 saturated carbocycles. The summed E-state index contributed by atoms with van der Waals surface area (Å²) in [6.45, 7) is 1.63. The van der Waals surface area contributed by atoms with E-state index in [4.69, 9.17) is 21.7 Å². The average Bonchev–Trinajstić information content (AvgIpc) is 2.90. The Morgan fingerprint density at radius 3 is 2.83 bits per heavy atom. The first-order valence-electron chi connectivity index (χ1n) is 6.08. The number of hydrogen-bond acceptors (Lipinski definition) is 3. The van der Waals surface area contributed by atoms with E-state index >= 15 is 0 Å². The Kier molecular flexibility index (Phi) is 4.78. The molecule has 0 aliphatic carbocycles. The Labute approximate surface area is 113 Å². The summed E-state index contributed by atoms with van der Waals surface area (Å²) in [5.74, 6) is 0.832. The van der Waals surface area contributed by atoms with Gasteiger partial charge in [0, 0.05) is 18.8 Å². The van der Waals surface area contributed by atoms with Crippen LogP contribution in [0, 0.1) is 0 Å². The van der Waals surface area contributed by atoms with Gasteiger partial charge in [-0.05, 0) is 49.3 Å². The second-order valence-corrected chi connectivity index (χ2v) is 4.61. The molecule has 0 unspecified atom stereocenters. The van der Waals surface area contributed by atoms with Gasteiger partial charge in [-0.15, -0.1) is 0 Å². The van der Waals surface area contributed by atoms with Gasteiger partial charge >= 0.3 is 0 Å². The van der Waals surface area contributed by atoms with E-state index in [1.165, 1.54) is 0 Å². The van der Waals surface area contributed by atoms with Gasteiger partial charge in [-0.3, -0.25) is 0 Å². The van der Waals surface area contributed by atoms with Crippen LogP contribution in [-0.2, 0) is 4.74 Å². The van der Waals surface area contributed by atoms with Gasteiger partial charge in [0.1, 0.15) is 5.75 Å². The summed E-state index contributed by atoms with van der Waals surface area (Å²) in [5.41, 5.74) is 0.945.